The first-order valence-electron chi connectivity index (χ1n) is 9.36. The predicted octanol–water partition coefficient (Wildman–Crippen LogP) is 4.46. The van der Waals surface area contributed by atoms with Crippen LogP contribution in [0.1, 0.15) is 42.6 Å². The molecule has 0 bridgehead atoms. The number of thioether (sulfide) groups is 1. The topological polar surface area (TPSA) is 77.2 Å². The van der Waals surface area contributed by atoms with Crippen molar-refractivity contribution in [2.45, 2.75) is 42.4 Å². The Morgan fingerprint density at radius 3 is 2.59 bits per heavy atom. The maximum atomic E-state index is 13.0. The second kappa shape index (κ2) is 8.65. The van der Waals surface area contributed by atoms with Gasteiger partial charge in [0.05, 0.1) is 0 Å². The van der Waals surface area contributed by atoms with E-state index in [1.165, 1.54) is 36.0 Å². The normalized spacial score (nSPS) is 15.5. The van der Waals surface area contributed by atoms with Crippen LogP contribution in [0.3, 0.4) is 0 Å². The number of hydrogen-bond acceptors (Lipinski definition) is 6. The molecule has 1 N–H and O–H groups in total. The fourth-order valence-electron chi connectivity index (χ4n) is 2.71. The number of rotatable bonds is 8. The lowest BCUT2D eigenvalue weighted by molar-refractivity contribution is -0.120. The molecule has 0 aliphatic heterocycles. The Bertz CT molecular complexity index is 961. The molecule has 150 valence electrons. The molecule has 1 amide bonds. The Morgan fingerprint density at radius 1 is 1.17 bits per heavy atom. The quantitative estimate of drug-likeness (QED) is 0.550. The highest BCUT2D eigenvalue weighted by molar-refractivity contribution is 8.00. The van der Waals surface area contributed by atoms with E-state index >= 15 is 0 Å². The Kier molecular flexibility index (Phi) is 5.80. The molecular formula is C21H20FN3O3S. The Labute approximate surface area is 171 Å². The van der Waals surface area contributed by atoms with Gasteiger partial charge in [0.25, 0.3) is 11.1 Å². The zero-order chi connectivity index (χ0) is 20.2. The summed E-state index contributed by atoms with van der Waals surface area (Å²) in [5, 5.41) is 10.9. The van der Waals surface area contributed by atoms with E-state index in [1.54, 1.807) is 6.92 Å². The molecule has 0 unspecified atom stereocenters. The fourth-order valence-corrected chi connectivity index (χ4v) is 3.60. The van der Waals surface area contributed by atoms with E-state index in [4.69, 9.17) is 9.15 Å². The number of nitrogens with zero attached hydrogens (tertiary/aromatic N) is 2. The third kappa shape index (κ3) is 5.14. The second-order valence-electron chi connectivity index (χ2n) is 6.81. The molecule has 0 radical (unpaired) electrons. The van der Waals surface area contributed by atoms with Crippen molar-refractivity contribution in [2.24, 2.45) is 0 Å². The summed E-state index contributed by atoms with van der Waals surface area (Å²) in [5.41, 5.74) is 0.867. The Hall–Kier alpha value is -2.87. The van der Waals surface area contributed by atoms with Gasteiger partial charge in [-0.3, -0.25) is 4.79 Å². The van der Waals surface area contributed by atoms with Gasteiger partial charge >= 0.3 is 0 Å². The van der Waals surface area contributed by atoms with Crippen molar-refractivity contribution in [1.29, 1.82) is 0 Å². The number of ether oxygens (including phenoxy) is 1. The van der Waals surface area contributed by atoms with Gasteiger partial charge in [0.1, 0.15) is 16.8 Å². The number of benzene rings is 2. The third-order valence-corrected chi connectivity index (χ3v) is 5.47. The molecule has 2 aromatic carbocycles. The van der Waals surface area contributed by atoms with E-state index in [2.05, 4.69) is 15.5 Å². The van der Waals surface area contributed by atoms with Crippen LogP contribution in [0.5, 0.6) is 5.75 Å². The molecule has 6 nitrogen and oxygen atoms in total. The van der Waals surface area contributed by atoms with Crippen molar-refractivity contribution in [1.82, 2.24) is 15.5 Å². The summed E-state index contributed by atoms with van der Waals surface area (Å²) in [6.07, 6.45) is 1.51. The summed E-state index contributed by atoms with van der Waals surface area (Å²) >= 11 is 1.21. The summed E-state index contributed by atoms with van der Waals surface area (Å²) in [7, 11) is 0. The fraction of sp³-hybridized carbons (Fsp3) is 0.286. The number of amides is 1. The van der Waals surface area contributed by atoms with Gasteiger partial charge in [0.15, 0.2) is 6.10 Å². The lowest BCUT2D eigenvalue weighted by atomic mass is 10.1. The zero-order valence-electron chi connectivity index (χ0n) is 15.7. The molecular weight excluding hydrogens is 393 g/mol. The van der Waals surface area contributed by atoms with E-state index in [9.17, 15) is 9.18 Å². The number of halogens is 1. The standard InChI is InChI=1S/C21H20FN3O3S/c1-13(27-17-11-7-15(22)8-12-17)20-24-25-21(28-20)29-18(14-5-3-2-4-6-14)19(26)23-16-9-10-16/h2-8,11-13,16,18H,9-10H2,1H3,(H,23,26)/t13-,18+/m0/s1. The average molecular weight is 413 g/mol. The summed E-state index contributed by atoms with van der Waals surface area (Å²) in [6.45, 7) is 1.76. The molecule has 29 heavy (non-hydrogen) atoms. The highest BCUT2D eigenvalue weighted by Gasteiger charge is 2.30. The van der Waals surface area contributed by atoms with Gasteiger partial charge in [-0.2, -0.15) is 0 Å². The van der Waals surface area contributed by atoms with Crippen LogP contribution < -0.4 is 10.1 Å². The highest BCUT2D eigenvalue weighted by Crippen LogP contribution is 2.36. The van der Waals surface area contributed by atoms with Crippen molar-refractivity contribution in [2.75, 3.05) is 0 Å². The van der Waals surface area contributed by atoms with Crippen LogP contribution in [-0.2, 0) is 4.79 Å². The van der Waals surface area contributed by atoms with Crippen LogP contribution in [0, 0.1) is 5.82 Å². The smallest absolute Gasteiger partial charge is 0.277 e. The minimum atomic E-state index is -0.516. The van der Waals surface area contributed by atoms with Crippen molar-refractivity contribution >= 4 is 17.7 Å². The molecule has 4 rings (SSSR count). The molecule has 1 aliphatic rings. The number of carbonyl (C=O) groups is 1. The van der Waals surface area contributed by atoms with E-state index < -0.39 is 11.4 Å². The first-order valence-corrected chi connectivity index (χ1v) is 10.2. The van der Waals surface area contributed by atoms with E-state index in [1.807, 2.05) is 30.3 Å². The number of hydrogen-bond donors (Lipinski definition) is 1. The first kappa shape index (κ1) is 19.4. The van der Waals surface area contributed by atoms with Crippen LogP contribution >= 0.6 is 11.8 Å². The minimum absolute atomic E-state index is 0.0703. The number of aromatic nitrogens is 2. The van der Waals surface area contributed by atoms with Gasteiger partial charge in [-0.05, 0) is 61.4 Å². The molecule has 1 aromatic heterocycles. The largest absolute Gasteiger partial charge is 0.481 e. The van der Waals surface area contributed by atoms with E-state index in [0.717, 1.165) is 18.4 Å². The summed E-state index contributed by atoms with van der Waals surface area (Å²) < 4.78 is 24.5. The SMILES string of the molecule is C[C@H](Oc1ccc(F)cc1)c1nnc(S[C@@H](C(=O)NC2CC2)c2ccccc2)o1. The summed E-state index contributed by atoms with van der Waals surface area (Å²) in [4.78, 5) is 12.7. The summed E-state index contributed by atoms with van der Waals surface area (Å²) in [5.74, 6) is 0.375. The van der Waals surface area contributed by atoms with E-state index in [-0.39, 0.29) is 28.9 Å². The highest BCUT2D eigenvalue weighted by atomic mass is 32.2. The molecule has 0 saturated heterocycles. The van der Waals surface area contributed by atoms with Crippen LogP contribution in [0.15, 0.2) is 64.2 Å². The van der Waals surface area contributed by atoms with Gasteiger partial charge in [-0.15, -0.1) is 10.2 Å². The first-order chi connectivity index (χ1) is 14.1. The van der Waals surface area contributed by atoms with Gasteiger partial charge < -0.3 is 14.5 Å². The molecule has 0 spiro atoms. The van der Waals surface area contributed by atoms with Crippen molar-refractivity contribution < 1.29 is 18.3 Å². The molecule has 2 atom stereocenters. The zero-order valence-corrected chi connectivity index (χ0v) is 16.6. The molecule has 3 aromatic rings. The molecule has 1 aliphatic carbocycles. The van der Waals surface area contributed by atoms with Crippen molar-refractivity contribution in [3.05, 3.63) is 71.9 Å². The van der Waals surface area contributed by atoms with Gasteiger partial charge in [0.2, 0.25) is 5.91 Å². The van der Waals surface area contributed by atoms with E-state index in [0.29, 0.717) is 5.75 Å². The molecule has 8 heteroatoms. The Balaban J connectivity index is 1.46. The maximum absolute atomic E-state index is 13.0. The molecule has 1 saturated carbocycles. The average Bonchev–Trinajstić information content (AvgIpc) is 3.41. The molecule has 1 fully saturated rings. The lowest BCUT2D eigenvalue weighted by Crippen LogP contribution is -2.29. The van der Waals surface area contributed by atoms with Crippen molar-refractivity contribution in [3.63, 3.8) is 0 Å². The van der Waals surface area contributed by atoms with Gasteiger partial charge in [0, 0.05) is 6.04 Å². The number of nitrogens with one attached hydrogen (secondary N) is 1. The summed E-state index contributed by atoms with van der Waals surface area (Å²) in [6, 6.07) is 15.5. The van der Waals surface area contributed by atoms with Crippen LogP contribution in [-0.4, -0.2) is 22.1 Å². The second-order valence-corrected chi connectivity index (χ2v) is 7.87. The monoisotopic (exact) mass is 413 g/mol. The van der Waals surface area contributed by atoms with Crippen LogP contribution in [0.2, 0.25) is 0 Å². The molecule has 1 heterocycles. The number of carbonyl (C=O) groups excluding carboxylic acids is 1. The lowest BCUT2D eigenvalue weighted by Gasteiger charge is -2.15. The van der Waals surface area contributed by atoms with Crippen LogP contribution in [0.4, 0.5) is 4.39 Å². The van der Waals surface area contributed by atoms with Crippen molar-refractivity contribution in [3.8, 4) is 5.75 Å². The Morgan fingerprint density at radius 2 is 1.90 bits per heavy atom. The minimum Gasteiger partial charge on any atom is -0.481 e. The van der Waals surface area contributed by atoms with Gasteiger partial charge in [-0.25, -0.2) is 4.39 Å². The van der Waals surface area contributed by atoms with Crippen LogP contribution in [0.25, 0.3) is 0 Å². The third-order valence-electron chi connectivity index (χ3n) is 4.38. The van der Waals surface area contributed by atoms with Gasteiger partial charge in [-0.1, -0.05) is 30.3 Å². The maximum Gasteiger partial charge on any atom is 0.277 e. The predicted molar refractivity (Wildman–Crippen MR) is 106 cm³/mol.